The molecule has 1 fully saturated rings. The lowest BCUT2D eigenvalue weighted by atomic mass is 10.2. The summed E-state index contributed by atoms with van der Waals surface area (Å²) in [7, 11) is 1.76. The first-order valence-electron chi connectivity index (χ1n) is 8.61. The van der Waals surface area contributed by atoms with E-state index in [1.54, 1.807) is 24.9 Å². The van der Waals surface area contributed by atoms with Crippen molar-refractivity contribution in [1.82, 2.24) is 34.6 Å². The number of aryl methyl sites for hydroxylation is 2. The Labute approximate surface area is 156 Å². The maximum atomic E-state index is 13.5. The fraction of sp³-hybridized carbons (Fsp3) is 0.353. The third-order valence-electron chi connectivity index (χ3n) is 4.68. The van der Waals surface area contributed by atoms with Crippen LogP contribution < -0.4 is 0 Å². The van der Waals surface area contributed by atoms with E-state index >= 15 is 0 Å². The molecule has 8 nitrogen and oxygen atoms in total. The van der Waals surface area contributed by atoms with Crippen LogP contribution in [0.1, 0.15) is 35.8 Å². The van der Waals surface area contributed by atoms with Crippen LogP contribution in [0.15, 0.2) is 22.9 Å². The lowest BCUT2D eigenvalue weighted by Crippen LogP contribution is -2.14. The number of halogens is 3. The van der Waals surface area contributed by atoms with Gasteiger partial charge in [-0.15, -0.1) is 10.2 Å². The SMILES string of the molecule is Cc1nn(C)cc1-c1nnc(-c2cnn3c(C(F)(F)F)cc(C4CC4)nc23)o1. The van der Waals surface area contributed by atoms with E-state index in [2.05, 4.69) is 25.4 Å². The van der Waals surface area contributed by atoms with E-state index < -0.39 is 11.9 Å². The molecular weight excluding hydrogens is 375 g/mol. The number of nitrogens with zero attached hydrogens (tertiary/aromatic N) is 7. The standard InChI is InChI=1S/C17H14F3N7O/c1-8-11(7-26(2)25-8)16-24-23-15(28-16)10-6-21-27-13(17(18,19)20)5-12(9-3-4-9)22-14(10)27/h5-7,9H,3-4H2,1-2H3. The molecule has 4 aromatic rings. The fourth-order valence-electron chi connectivity index (χ4n) is 3.17. The zero-order valence-corrected chi connectivity index (χ0v) is 14.9. The van der Waals surface area contributed by atoms with Gasteiger partial charge >= 0.3 is 6.18 Å². The van der Waals surface area contributed by atoms with Crippen molar-refractivity contribution in [3.63, 3.8) is 0 Å². The molecule has 0 amide bonds. The smallest absolute Gasteiger partial charge is 0.416 e. The molecule has 5 rings (SSSR count). The number of fused-ring (bicyclic) bond motifs is 1. The van der Waals surface area contributed by atoms with E-state index in [4.69, 9.17) is 4.42 Å². The second kappa shape index (κ2) is 5.63. The molecule has 1 aliphatic carbocycles. The predicted molar refractivity (Wildman–Crippen MR) is 90.2 cm³/mol. The summed E-state index contributed by atoms with van der Waals surface area (Å²) in [5.41, 5.74) is 1.20. The van der Waals surface area contributed by atoms with Crippen molar-refractivity contribution in [2.45, 2.75) is 31.9 Å². The molecule has 1 aliphatic rings. The lowest BCUT2D eigenvalue weighted by molar-refractivity contribution is -0.142. The highest BCUT2D eigenvalue weighted by molar-refractivity contribution is 5.72. The highest BCUT2D eigenvalue weighted by Crippen LogP contribution is 2.42. The molecular formula is C17H14F3N7O. The van der Waals surface area contributed by atoms with Crippen molar-refractivity contribution < 1.29 is 17.6 Å². The summed E-state index contributed by atoms with van der Waals surface area (Å²) < 4.78 is 48.6. The minimum absolute atomic E-state index is 0.0464. The number of aromatic nitrogens is 7. The van der Waals surface area contributed by atoms with Gasteiger partial charge in [0.2, 0.25) is 0 Å². The van der Waals surface area contributed by atoms with Crippen LogP contribution >= 0.6 is 0 Å². The van der Waals surface area contributed by atoms with E-state index in [0.717, 1.165) is 23.4 Å². The average Bonchev–Trinajstić information content (AvgIpc) is 3.06. The highest BCUT2D eigenvalue weighted by atomic mass is 19.4. The molecule has 0 bridgehead atoms. The van der Waals surface area contributed by atoms with Crippen molar-refractivity contribution in [2.75, 3.05) is 0 Å². The maximum absolute atomic E-state index is 13.5. The Bertz CT molecular complexity index is 1200. The zero-order valence-electron chi connectivity index (χ0n) is 14.9. The largest absolute Gasteiger partial charge is 0.433 e. The molecule has 0 atom stereocenters. The van der Waals surface area contributed by atoms with Crippen molar-refractivity contribution >= 4 is 5.65 Å². The minimum Gasteiger partial charge on any atom is -0.416 e. The maximum Gasteiger partial charge on any atom is 0.433 e. The summed E-state index contributed by atoms with van der Waals surface area (Å²) in [4.78, 5) is 4.41. The topological polar surface area (TPSA) is 86.9 Å². The van der Waals surface area contributed by atoms with Crippen LogP contribution in [0.5, 0.6) is 0 Å². The molecule has 28 heavy (non-hydrogen) atoms. The Balaban J connectivity index is 1.66. The summed E-state index contributed by atoms with van der Waals surface area (Å²) in [6.45, 7) is 1.80. The van der Waals surface area contributed by atoms with Gasteiger partial charge in [-0.1, -0.05) is 0 Å². The second-order valence-corrected chi connectivity index (χ2v) is 6.85. The number of hydrogen-bond acceptors (Lipinski definition) is 6. The van der Waals surface area contributed by atoms with Gasteiger partial charge in [-0.25, -0.2) is 9.50 Å². The minimum atomic E-state index is -4.55. The summed E-state index contributed by atoms with van der Waals surface area (Å²) in [6, 6.07) is 1.07. The molecule has 0 unspecified atom stereocenters. The zero-order chi connectivity index (χ0) is 19.6. The van der Waals surface area contributed by atoms with Gasteiger partial charge in [0.25, 0.3) is 11.8 Å². The van der Waals surface area contributed by atoms with Gasteiger partial charge in [0, 0.05) is 24.9 Å². The van der Waals surface area contributed by atoms with E-state index in [9.17, 15) is 13.2 Å². The van der Waals surface area contributed by atoms with Gasteiger partial charge in [-0.3, -0.25) is 4.68 Å². The van der Waals surface area contributed by atoms with Crippen molar-refractivity contribution in [3.05, 3.63) is 35.5 Å². The summed E-state index contributed by atoms with van der Waals surface area (Å²) in [5.74, 6) is 0.335. The molecule has 11 heteroatoms. The highest BCUT2D eigenvalue weighted by Gasteiger charge is 2.38. The van der Waals surface area contributed by atoms with Gasteiger partial charge in [-0.2, -0.15) is 23.4 Å². The first kappa shape index (κ1) is 16.9. The van der Waals surface area contributed by atoms with E-state index in [0.29, 0.717) is 17.0 Å². The van der Waals surface area contributed by atoms with E-state index in [1.807, 2.05) is 0 Å². The number of alkyl halides is 3. The first-order chi connectivity index (χ1) is 13.3. The van der Waals surface area contributed by atoms with Gasteiger partial charge in [0.15, 0.2) is 5.65 Å². The van der Waals surface area contributed by atoms with Crippen LogP contribution in [0.25, 0.3) is 28.6 Å². The predicted octanol–water partition coefficient (Wildman–Crippen LogP) is 3.38. The van der Waals surface area contributed by atoms with Crippen LogP contribution in [0.2, 0.25) is 0 Å². The second-order valence-electron chi connectivity index (χ2n) is 6.85. The van der Waals surface area contributed by atoms with Gasteiger partial charge in [0.1, 0.15) is 11.3 Å². The fourth-order valence-corrected chi connectivity index (χ4v) is 3.17. The third kappa shape index (κ3) is 2.65. The molecule has 0 spiro atoms. The summed E-state index contributed by atoms with van der Waals surface area (Å²) in [5, 5.41) is 16.1. The molecule has 4 aromatic heterocycles. The van der Waals surface area contributed by atoms with Crippen molar-refractivity contribution in [1.29, 1.82) is 0 Å². The lowest BCUT2D eigenvalue weighted by Gasteiger charge is -2.10. The molecule has 0 radical (unpaired) electrons. The summed E-state index contributed by atoms with van der Waals surface area (Å²) >= 11 is 0. The molecule has 0 aromatic carbocycles. The number of rotatable bonds is 3. The Hall–Kier alpha value is -3.24. The van der Waals surface area contributed by atoms with Crippen LogP contribution in [0.3, 0.4) is 0 Å². The Morgan fingerprint density at radius 2 is 1.86 bits per heavy atom. The monoisotopic (exact) mass is 389 g/mol. The average molecular weight is 389 g/mol. The van der Waals surface area contributed by atoms with Gasteiger partial charge in [0.05, 0.1) is 17.5 Å². The molecule has 0 aliphatic heterocycles. The van der Waals surface area contributed by atoms with Crippen molar-refractivity contribution in [3.8, 4) is 22.9 Å². The van der Waals surface area contributed by atoms with Crippen LogP contribution in [-0.2, 0) is 13.2 Å². The quantitative estimate of drug-likeness (QED) is 0.534. The third-order valence-corrected chi connectivity index (χ3v) is 4.68. The molecule has 0 N–H and O–H groups in total. The molecule has 4 heterocycles. The normalized spacial score (nSPS) is 14.9. The van der Waals surface area contributed by atoms with Gasteiger partial charge < -0.3 is 4.42 Å². The molecule has 144 valence electrons. The first-order valence-corrected chi connectivity index (χ1v) is 8.61. The number of hydrogen-bond donors (Lipinski definition) is 0. The van der Waals surface area contributed by atoms with E-state index in [-0.39, 0.29) is 28.9 Å². The van der Waals surface area contributed by atoms with Crippen molar-refractivity contribution in [2.24, 2.45) is 7.05 Å². The Kier molecular flexibility index (Phi) is 3.40. The van der Waals surface area contributed by atoms with Crippen LogP contribution in [0, 0.1) is 6.92 Å². The Morgan fingerprint density at radius 3 is 2.46 bits per heavy atom. The van der Waals surface area contributed by atoms with E-state index in [1.165, 1.54) is 6.20 Å². The molecule has 0 saturated heterocycles. The Morgan fingerprint density at radius 1 is 1.14 bits per heavy atom. The van der Waals surface area contributed by atoms with Crippen LogP contribution in [-0.4, -0.2) is 34.6 Å². The van der Waals surface area contributed by atoms with Gasteiger partial charge in [-0.05, 0) is 25.8 Å². The van der Waals surface area contributed by atoms with Crippen LogP contribution in [0.4, 0.5) is 13.2 Å². The summed E-state index contributed by atoms with van der Waals surface area (Å²) in [6.07, 6.45) is 0.0976. The molecule has 1 saturated carbocycles.